The zero-order valence-electron chi connectivity index (χ0n) is 7.10. The third-order valence-corrected chi connectivity index (χ3v) is 2.34. The highest BCUT2D eigenvalue weighted by Gasteiger charge is 1.90. The topological polar surface area (TPSA) is 46.5 Å². The second-order valence-corrected chi connectivity index (χ2v) is 3.33. The number of aliphatic carboxylic acids is 1. The molecule has 0 unspecified atom stereocenters. The molecule has 0 aliphatic carbocycles. The summed E-state index contributed by atoms with van der Waals surface area (Å²) in [5.41, 5.74) is 0. The normalized spacial score (nSPS) is 10.8. The number of thiol groups is 1. The Morgan fingerprint density at radius 2 is 2.08 bits per heavy atom. The lowest BCUT2D eigenvalue weighted by molar-refractivity contribution is -0.128. The Hall–Kier alpha value is -1.29. The molecule has 0 radical (unpaired) electrons. The van der Waals surface area contributed by atoms with Crippen LogP contribution in [0.5, 0.6) is 5.75 Å². The van der Waals surface area contributed by atoms with E-state index in [4.69, 9.17) is 9.84 Å². The number of carbonyl (C=O) groups is 1. The summed E-state index contributed by atoms with van der Waals surface area (Å²) < 4.78 is 4.97. The van der Waals surface area contributed by atoms with Crippen LogP contribution in [0.2, 0.25) is 0 Å². The van der Waals surface area contributed by atoms with Gasteiger partial charge in [0.2, 0.25) is 0 Å². The summed E-state index contributed by atoms with van der Waals surface area (Å²) in [6.07, 6.45) is 0. The van der Waals surface area contributed by atoms with Crippen molar-refractivity contribution in [2.45, 2.75) is 4.90 Å². The number of hydrogen-bond donors (Lipinski definition) is 2. The second-order valence-electron chi connectivity index (χ2n) is 2.29. The Morgan fingerprint density at radius 1 is 1.46 bits per heavy atom. The van der Waals surface area contributed by atoms with Crippen molar-refractivity contribution in [2.24, 2.45) is 0 Å². The predicted molar refractivity (Wildman–Crippen MR) is 53.9 cm³/mol. The highest BCUT2D eigenvalue weighted by atomic mass is 32.1. The minimum absolute atomic E-state index is 0.685. The van der Waals surface area contributed by atoms with Crippen molar-refractivity contribution in [3.05, 3.63) is 24.3 Å². The summed E-state index contributed by atoms with van der Waals surface area (Å²) in [6.45, 7) is 0. The molecule has 0 spiro atoms. The summed E-state index contributed by atoms with van der Waals surface area (Å²) >= 11 is 0.685. The highest BCUT2D eigenvalue weighted by molar-refractivity contribution is 7.98. The molecule has 0 aliphatic rings. The van der Waals surface area contributed by atoms with Gasteiger partial charge < -0.3 is 9.84 Å². The minimum Gasteiger partial charge on any atom is -0.497 e. The van der Waals surface area contributed by atoms with Crippen molar-refractivity contribution < 1.29 is 14.6 Å². The standard InChI is InChI=1S/C9H10O3S/c1-12-7-2-4-8(5-3-7)13-6-9(10)11/h2-6,13H,1H3,(H,10,11). The van der Waals surface area contributed by atoms with Gasteiger partial charge in [-0.25, -0.2) is 4.79 Å². The van der Waals surface area contributed by atoms with Crippen molar-refractivity contribution in [1.82, 2.24) is 0 Å². The number of carboxylic acids is 1. The van der Waals surface area contributed by atoms with E-state index in [0.29, 0.717) is 11.4 Å². The first-order valence-electron chi connectivity index (χ1n) is 3.63. The molecule has 1 N–H and O–H groups in total. The highest BCUT2D eigenvalue weighted by Crippen LogP contribution is 2.15. The Bertz CT molecular complexity index is 316. The first-order chi connectivity index (χ1) is 6.22. The van der Waals surface area contributed by atoms with Crippen molar-refractivity contribution in [3.8, 4) is 5.75 Å². The number of ether oxygens (including phenoxy) is 1. The van der Waals surface area contributed by atoms with E-state index in [1.54, 1.807) is 19.2 Å². The molecule has 1 aromatic rings. The van der Waals surface area contributed by atoms with Crippen molar-refractivity contribution in [2.75, 3.05) is 7.11 Å². The zero-order valence-corrected chi connectivity index (χ0v) is 7.99. The monoisotopic (exact) mass is 198 g/mol. The molecule has 13 heavy (non-hydrogen) atoms. The molecule has 0 amide bonds. The van der Waals surface area contributed by atoms with Crippen molar-refractivity contribution in [3.63, 3.8) is 0 Å². The van der Waals surface area contributed by atoms with Gasteiger partial charge in [-0.15, -0.1) is 0 Å². The third kappa shape index (κ3) is 3.29. The van der Waals surface area contributed by atoms with Gasteiger partial charge in [-0.3, -0.25) is 0 Å². The Kier molecular flexibility index (Phi) is 3.52. The van der Waals surface area contributed by atoms with Crippen LogP contribution in [0, 0.1) is 0 Å². The minimum atomic E-state index is -0.905. The van der Waals surface area contributed by atoms with Crippen molar-refractivity contribution >= 4 is 22.7 Å². The summed E-state index contributed by atoms with van der Waals surface area (Å²) in [5.74, 6) is -0.133. The number of carboxylic acid groups (broad SMARTS) is 1. The Morgan fingerprint density at radius 3 is 2.54 bits per heavy atom. The van der Waals surface area contributed by atoms with Crippen LogP contribution in [0.1, 0.15) is 0 Å². The van der Waals surface area contributed by atoms with E-state index in [1.807, 2.05) is 12.1 Å². The van der Waals surface area contributed by atoms with E-state index in [0.717, 1.165) is 10.6 Å². The number of benzene rings is 1. The maximum Gasteiger partial charge on any atom is 0.334 e. The van der Waals surface area contributed by atoms with Gasteiger partial charge in [0.25, 0.3) is 0 Å². The fourth-order valence-electron chi connectivity index (χ4n) is 0.798. The summed E-state index contributed by atoms with van der Waals surface area (Å²) in [5, 5.41) is 9.58. The summed E-state index contributed by atoms with van der Waals surface area (Å²) in [6, 6.07) is 7.27. The van der Waals surface area contributed by atoms with Gasteiger partial charge in [0, 0.05) is 5.37 Å². The SMILES string of the molecule is COc1ccc([SH]=CC(=O)O)cc1. The molecule has 70 valence electrons. The molecular formula is C9H10O3S. The van der Waals surface area contributed by atoms with Gasteiger partial charge in [0.15, 0.2) is 0 Å². The lowest BCUT2D eigenvalue weighted by atomic mass is 10.3. The smallest absolute Gasteiger partial charge is 0.334 e. The summed E-state index contributed by atoms with van der Waals surface area (Å²) in [7, 11) is 1.59. The van der Waals surface area contributed by atoms with Gasteiger partial charge in [0.05, 0.1) is 7.11 Å². The van der Waals surface area contributed by atoms with Crippen LogP contribution in [0.25, 0.3) is 0 Å². The van der Waals surface area contributed by atoms with E-state index in [-0.39, 0.29) is 0 Å². The molecule has 0 saturated carbocycles. The van der Waals surface area contributed by atoms with Gasteiger partial charge in [-0.05, 0) is 29.2 Å². The molecule has 1 rings (SSSR count). The fourth-order valence-corrected chi connectivity index (χ4v) is 1.38. The predicted octanol–water partition coefficient (Wildman–Crippen LogP) is 1.41. The Labute approximate surface area is 79.9 Å². The quantitative estimate of drug-likeness (QED) is 0.570. The van der Waals surface area contributed by atoms with E-state index < -0.39 is 5.97 Å². The molecule has 3 nitrogen and oxygen atoms in total. The van der Waals surface area contributed by atoms with Crippen LogP contribution in [0.3, 0.4) is 0 Å². The van der Waals surface area contributed by atoms with Crippen LogP contribution in [0.4, 0.5) is 0 Å². The number of methoxy groups -OCH3 is 1. The summed E-state index contributed by atoms with van der Waals surface area (Å²) in [4.78, 5) is 11.1. The van der Waals surface area contributed by atoms with E-state index in [1.165, 1.54) is 5.37 Å². The molecule has 0 fully saturated rings. The van der Waals surface area contributed by atoms with Gasteiger partial charge >= 0.3 is 5.97 Å². The van der Waals surface area contributed by atoms with E-state index >= 15 is 0 Å². The van der Waals surface area contributed by atoms with Gasteiger partial charge in [-0.2, -0.15) is 11.4 Å². The molecule has 1 aromatic carbocycles. The number of rotatable bonds is 3. The average Bonchev–Trinajstić information content (AvgIpc) is 2.15. The van der Waals surface area contributed by atoms with Crippen LogP contribution >= 0.6 is 11.4 Å². The molecule has 0 aromatic heterocycles. The lowest BCUT2D eigenvalue weighted by Crippen LogP contribution is -1.92. The largest absolute Gasteiger partial charge is 0.497 e. The van der Waals surface area contributed by atoms with Crippen LogP contribution < -0.4 is 4.74 Å². The second kappa shape index (κ2) is 4.67. The van der Waals surface area contributed by atoms with Gasteiger partial charge in [-0.1, -0.05) is 0 Å². The fraction of sp³-hybridized carbons (Fsp3) is 0.111. The Balaban J connectivity index is 2.75. The molecule has 0 atom stereocenters. The molecule has 0 bridgehead atoms. The first-order valence-corrected chi connectivity index (χ1v) is 4.60. The van der Waals surface area contributed by atoms with Crippen LogP contribution in [0.15, 0.2) is 29.2 Å². The van der Waals surface area contributed by atoms with Crippen molar-refractivity contribution in [1.29, 1.82) is 0 Å². The third-order valence-electron chi connectivity index (χ3n) is 1.40. The molecule has 0 saturated heterocycles. The molecule has 4 heteroatoms. The molecule has 0 heterocycles. The lowest BCUT2D eigenvalue weighted by Gasteiger charge is -1.98. The van der Waals surface area contributed by atoms with E-state index in [2.05, 4.69) is 0 Å². The zero-order chi connectivity index (χ0) is 9.68. The van der Waals surface area contributed by atoms with Crippen LogP contribution in [-0.2, 0) is 4.79 Å². The van der Waals surface area contributed by atoms with Crippen LogP contribution in [-0.4, -0.2) is 23.6 Å². The number of hydrogen-bond acceptors (Lipinski definition) is 2. The van der Waals surface area contributed by atoms with E-state index in [9.17, 15) is 4.79 Å². The maximum absolute atomic E-state index is 10.2. The van der Waals surface area contributed by atoms with Gasteiger partial charge in [0.1, 0.15) is 5.75 Å². The molecule has 0 aliphatic heterocycles. The maximum atomic E-state index is 10.2. The average molecular weight is 198 g/mol. The first kappa shape index (κ1) is 9.80. The molecular weight excluding hydrogens is 188 g/mol.